The molecule has 1 atom stereocenters. The molecule has 0 aromatic heterocycles. The van der Waals surface area contributed by atoms with Crippen LogP contribution >= 0.6 is 0 Å². The normalized spacial score (nSPS) is 26.6. The van der Waals surface area contributed by atoms with E-state index in [-0.39, 0.29) is 0 Å². The summed E-state index contributed by atoms with van der Waals surface area (Å²) >= 11 is 0. The van der Waals surface area contributed by atoms with Crippen molar-refractivity contribution in [3.8, 4) is 0 Å². The minimum atomic E-state index is 0.336. The molecule has 0 spiro atoms. The third-order valence-electron chi connectivity index (χ3n) is 3.68. The Morgan fingerprint density at radius 3 is 2.75 bits per heavy atom. The summed E-state index contributed by atoms with van der Waals surface area (Å²) in [6, 6.07) is 0. The van der Waals surface area contributed by atoms with Crippen LogP contribution in [0.5, 0.6) is 0 Å². The summed E-state index contributed by atoms with van der Waals surface area (Å²) in [6.45, 7) is 5.85. The van der Waals surface area contributed by atoms with Gasteiger partial charge in [-0.15, -0.1) is 0 Å². The number of amides is 1. The van der Waals surface area contributed by atoms with Crippen molar-refractivity contribution in [1.29, 1.82) is 0 Å². The first-order valence-corrected chi connectivity index (χ1v) is 6.44. The Kier molecular flexibility index (Phi) is 4.18. The third kappa shape index (κ3) is 2.95. The van der Waals surface area contributed by atoms with Crippen LogP contribution in [0.15, 0.2) is 0 Å². The first kappa shape index (κ1) is 11.9. The first-order valence-electron chi connectivity index (χ1n) is 6.44. The van der Waals surface area contributed by atoms with E-state index >= 15 is 0 Å². The molecule has 2 aliphatic heterocycles. The molecule has 2 aliphatic rings. The second-order valence-corrected chi connectivity index (χ2v) is 5.04. The van der Waals surface area contributed by atoms with Gasteiger partial charge in [0, 0.05) is 19.6 Å². The van der Waals surface area contributed by atoms with E-state index in [4.69, 9.17) is 0 Å². The summed E-state index contributed by atoms with van der Waals surface area (Å²) in [6.07, 6.45) is 3.61. The van der Waals surface area contributed by atoms with Crippen LogP contribution in [0, 0.1) is 5.92 Å². The second-order valence-electron chi connectivity index (χ2n) is 5.04. The summed E-state index contributed by atoms with van der Waals surface area (Å²) in [5.74, 6) is 1.07. The predicted molar refractivity (Wildman–Crippen MR) is 64.3 cm³/mol. The van der Waals surface area contributed by atoms with Crippen molar-refractivity contribution in [1.82, 2.24) is 15.1 Å². The van der Waals surface area contributed by atoms with Gasteiger partial charge in [0.15, 0.2) is 0 Å². The highest BCUT2D eigenvalue weighted by atomic mass is 16.2. The van der Waals surface area contributed by atoms with Gasteiger partial charge in [0.05, 0.1) is 6.54 Å². The van der Waals surface area contributed by atoms with Gasteiger partial charge in [-0.25, -0.2) is 0 Å². The Morgan fingerprint density at radius 1 is 1.31 bits per heavy atom. The molecule has 92 valence electrons. The van der Waals surface area contributed by atoms with Crippen molar-refractivity contribution in [3.63, 3.8) is 0 Å². The highest BCUT2D eigenvalue weighted by Gasteiger charge is 2.26. The quantitative estimate of drug-likeness (QED) is 0.740. The van der Waals surface area contributed by atoms with Crippen LogP contribution in [0.1, 0.15) is 19.3 Å². The van der Waals surface area contributed by atoms with Gasteiger partial charge in [-0.3, -0.25) is 9.69 Å². The van der Waals surface area contributed by atoms with Gasteiger partial charge in [-0.1, -0.05) is 0 Å². The number of carbonyl (C=O) groups is 1. The molecule has 2 rings (SSSR count). The molecule has 2 saturated heterocycles. The molecule has 4 nitrogen and oxygen atoms in total. The molecule has 2 heterocycles. The molecule has 4 heteroatoms. The fourth-order valence-corrected chi connectivity index (χ4v) is 2.77. The average molecular weight is 225 g/mol. The zero-order valence-corrected chi connectivity index (χ0v) is 10.2. The highest BCUT2D eigenvalue weighted by molar-refractivity contribution is 5.78. The summed E-state index contributed by atoms with van der Waals surface area (Å²) in [5, 5.41) is 3.22. The lowest BCUT2D eigenvalue weighted by molar-refractivity contribution is -0.131. The van der Waals surface area contributed by atoms with E-state index < -0.39 is 0 Å². The Bertz CT molecular complexity index is 238. The smallest absolute Gasteiger partial charge is 0.236 e. The molecule has 1 amide bonds. The first-order chi connectivity index (χ1) is 7.79. The van der Waals surface area contributed by atoms with Crippen molar-refractivity contribution in [2.45, 2.75) is 19.3 Å². The van der Waals surface area contributed by atoms with Gasteiger partial charge in [-0.2, -0.15) is 0 Å². The minimum Gasteiger partial charge on any atom is -0.342 e. The summed E-state index contributed by atoms with van der Waals surface area (Å²) in [7, 11) is 2.00. The fourth-order valence-electron chi connectivity index (χ4n) is 2.77. The van der Waals surface area contributed by atoms with E-state index in [1.165, 1.54) is 19.3 Å². The maximum Gasteiger partial charge on any atom is 0.236 e. The Labute approximate surface area is 98.0 Å². The van der Waals surface area contributed by atoms with Crippen molar-refractivity contribution in [2.24, 2.45) is 5.92 Å². The lowest BCUT2D eigenvalue weighted by Crippen LogP contribution is -2.38. The number of nitrogens with zero attached hydrogens (tertiary/aromatic N) is 2. The SMILES string of the molecule is CNCC1CCN(CC(=O)N2CCCC2)C1. The van der Waals surface area contributed by atoms with Gasteiger partial charge in [-0.05, 0) is 45.3 Å². The van der Waals surface area contributed by atoms with Crippen molar-refractivity contribution in [2.75, 3.05) is 46.3 Å². The van der Waals surface area contributed by atoms with Gasteiger partial charge >= 0.3 is 0 Å². The predicted octanol–water partition coefficient (Wildman–Crippen LogP) is 0.150. The van der Waals surface area contributed by atoms with Crippen LogP contribution in [0.2, 0.25) is 0 Å². The number of likely N-dealkylation sites (tertiary alicyclic amines) is 2. The third-order valence-corrected chi connectivity index (χ3v) is 3.68. The van der Waals surface area contributed by atoms with Gasteiger partial charge in [0.2, 0.25) is 5.91 Å². The molecule has 0 saturated carbocycles. The number of nitrogens with one attached hydrogen (secondary N) is 1. The van der Waals surface area contributed by atoms with Gasteiger partial charge in [0.1, 0.15) is 0 Å². The Morgan fingerprint density at radius 2 is 2.06 bits per heavy atom. The fraction of sp³-hybridized carbons (Fsp3) is 0.917. The number of hydrogen-bond donors (Lipinski definition) is 1. The molecule has 0 bridgehead atoms. The van der Waals surface area contributed by atoms with Crippen LogP contribution < -0.4 is 5.32 Å². The lowest BCUT2D eigenvalue weighted by Gasteiger charge is -2.20. The van der Waals surface area contributed by atoms with Crippen LogP contribution in [0.3, 0.4) is 0 Å². The van der Waals surface area contributed by atoms with E-state index in [9.17, 15) is 4.79 Å². The Hall–Kier alpha value is -0.610. The molecule has 1 unspecified atom stereocenters. The van der Waals surface area contributed by atoms with Crippen LogP contribution in [0.25, 0.3) is 0 Å². The van der Waals surface area contributed by atoms with Crippen LogP contribution in [-0.4, -0.2) is 62.0 Å². The molecule has 0 radical (unpaired) electrons. The van der Waals surface area contributed by atoms with Gasteiger partial charge in [0.25, 0.3) is 0 Å². The molecule has 2 fully saturated rings. The van der Waals surface area contributed by atoms with Crippen molar-refractivity contribution < 1.29 is 4.79 Å². The molecular weight excluding hydrogens is 202 g/mol. The molecular formula is C12H23N3O. The van der Waals surface area contributed by atoms with E-state index in [0.717, 1.165) is 38.6 Å². The molecule has 0 aliphatic carbocycles. The Balaban J connectivity index is 1.71. The second kappa shape index (κ2) is 5.64. The maximum atomic E-state index is 11.9. The standard InChI is InChI=1S/C12H23N3O/c1-13-8-11-4-7-14(9-11)10-12(16)15-5-2-3-6-15/h11,13H,2-10H2,1H3. The average Bonchev–Trinajstić information content (AvgIpc) is 2.89. The monoisotopic (exact) mass is 225 g/mol. The lowest BCUT2D eigenvalue weighted by atomic mass is 10.1. The van der Waals surface area contributed by atoms with E-state index in [1.54, 1.807) is 0 Å². The number of rotatable bonds is 4. The molecule has 0 aromatic rings. The van der Waals surface area contributed by atoms with Crippen molar-refractivity contribution >= 4 is 5.91 Å². The zero-order chi connectivity index (χ0) is 11.4. The molecule has 1 N–H and O–H groups in total. The van der Waals surface area contributed by atoms with Crippen LogP contribution in [0.4, 0.5) is 0 Å². The highest BCUT2D eigenvalue weighted by Crippen LogP contribution is 2.16. The summed E-state index contributed by atoms with van der Waals surface area (Å²) in [5.41, 5.74) is 0. The topological polar surface area (TPSA) is 35.6 Å². The van der Waals surface area contributed by atoms with Crippen molar-refractivity contribution in [3.05, 3.63) is 0 Å². The molecule has 0 aromatic carbocycles. The van der Waals surface area contributed by atoms with E-state index in [2.05, 4.69) is 10.2 Å². The number of carbonyl (C=O) groups excluding carboxylic acids is 1. The van der Waals surface area contributed by atoms with Gasteiger partial charge < -0.3 is 10.2 Å². The summed E-state index contributed by atoms with van der Waals surface area (Å²) < 4.78 is 0. The number of hydrogen-bond acceptors (Lipinski definition) is 3. The zero-order valence-electron chi connectivity index (χ0n) is 10.2. The minimum absolute atomic E-state index is 0.336. The molecule has 16 heavy (non-hydrogen) atoms. The van der Waals surface area contributed by atoms with E-state index in [1.807, 2.05) is 11.9 Å². The summed E-state index contributed by atoms with van der Waals surface area (Å²) in [4.78, 5) is 16.3. The maximum absolute atomic E-state index is 11.9. The van der Waals surface area contributed by atoms with E-state index in [0.29, 0.717) is 12.5 Å². The largest absolute Gasteiger partial charge is 0.342 e. The van der Waals surface area contributed by atoms with Crippen LogP contribution in [-0.2, 0) is 4.79 Å².